The van der Waals surface area contributed by atoms with Gasteiger partial charge in [-0.15, -0.1) is 0 Å². The average molecular weight is 313 g/mol. The largest absolute Gasteiger partial charge is 0.450 e. The molecule has 2 amide bonds. The number of nitrogens with zero attached hydrogens (tertiary/aromatic N) is 1. The Balaban J connectivity index is 1.98. The topological polar surface area (TPSA) is 62.6 Å². The van der Waals surface area contributed by atoms with Gasteiger partial charge in [-0.1, -0.05) is 0 Å². The maximum Gasteiger partial charge on any atom is 0.247 e. The SMILES string of the molecule is O=C1CN(C(=O)C=Cc2ccc(Br)o2)CCCN1. The van der Waals surface area contributed by atoms with Gasteiger partial charge in [-0.25, -0.2) is 0 Å². The van der Waals surface area contributed by atoms with E-state index < -0.39 is 0 Å². The van der Waals surface area contributed by atoms with Gasteiger partial charge in [0.15, 0.2) is 4.67 Å². The average Bonchev–Trinajstić information content (AvgIpc) is 2.63. The van der Waals surface area contributed by atoms with Crippen molar-refractivity contribution in [2.45, 2.75) is 6.42 Å². The monoisotopic (exact) mass is 312 g/mol. The molecule has 96 valence electrons. The number of nitrogens with one attached hydrogen (secondary N) is 1. The highest BCUT2D eigenvalue weighted by Crippen LogP contribution is 2.15. The van der Waals surface area contributed by atoms with Crippen LogP contribution < -0.4 is 5.32 Å². The second-order valence-electron chi connectivity index (χ2n) is 3.94. The van der Waals surface area contributed by atoms with E-state index in [9.17, 15) is 9.59 Å². The Morgan fingerprint density at radius 3 is 3.06 bits per heavy atom. The maximum absolute atomic E-state index is 11.9. The van der Waals surface area contributed by atoms with Gasteiger partial charge >= 0.3 is 0 Å². The smallest absolute Gasteiger partial charge is 0.247 e. The fourth-order valence-corrected chi connectivity index (χ4v) is 1.99. The molecule has 18 heavy (non-hydrogen) atoms. The van der Waals surface area contributed by atoms with Crippen LogP contribution in [0.15, 0.2) is 27.3 Å². The standard InChI is InChI=1S/C12H13BrN2O3/c13-10-4-2-9(18-10)3-5-12(17)15-7-1-6-14-11(16)8-15/h2-5H,1,6-8H2,(H,14,16). The molecule has 0 unspecified atom stereocenters. The molecule has 1 N–H and O–H groups in total. The van der Waals surface area contributed by atoms with Crippen molar-refractivity contribution < 1.29 is 14.0 Å². The first kappa shape index (κ1) is 12.9. The summed E-state index contributed by atoms with van der Waals surface area (Å²) in [6, 6.07) is 3.51. The molecule has 0 aromatic carbocycles. The van der Waals surface area contributed by atoms with Gasteiger partial charge < -0.3 is 14.6 Å². The number of hydrogen-bond acceptors (Lipinski definition) is 3. The number of carbonyl (C=O) groups excluding carboxylic acids is 2. The number of carbonyl (C=O) groups is 2. The summed E-state index contributed by atoms with van der Waals surface area (Å²) in [4.78, 5) is 24.7. The van der Waals surface area contributed by atoms with Crippen LogP contribution in [-0.2, 0) is 9.59 Å². The van der Waals surface area contributed by atoms with Crippen molar-refractivity contribution in [3.8, 4) is 0 Å². The van der Waals surface area contributed by atoms with Crippen molar-refractivity contribution in [3.63, 3.8) is 0 Å². The van der Waals surface area contributed by atoms with Gasteiger partial charge in [0.05, 0.1) is 6.54 Å². The number of halogens is 1. The van der Waals surface area contributed by atoms with E-state index in [0.29, 0.717) is 23.5 Å². The van der Waals surface area contributed by atoms with Crippen molar-refractivity contribution in [2.24, 2.45) is 0 Å². The van der Waals surface area contributed by atoms with Crippen LogP contribution in [0.25, 0.3) is 6.08 Å². The first-order valence-electron chi connectivity index (χ1n) is 5.64. The van der Waals surface area contributed by atoms with Gasteiger partial charge in [0.2, 0.25) is 11.8 Å². The molecule has 1 saturated heterocycles. The van der Waals surface area contributed by atoms with Crippen LogP contribution in [0.1, 0.15) is 12.2 Å². The Morgan fingerprint density at radius 2 is 2.33 bits per heavy atom. The summed E-state index contributed by atoms with van der Waals surface area (Å²) in [6.45, 7) is 1.33. The third kappa shape index (κ3) is 3.46. The van der Waals surface area contributed by atoms with Crippen molar-refractivity contribution in [1.29, 1.82) is 0 Å². The van der Waals surface area contributed by atoms with Gasteiger partial charge in [0.1, 0.15) is 5.76 Å². The molecule has 0 saturated carbocycles. The lowest BCUT2D eigenvalue weighted by atomic mass is 10.3. The van der Waals surface area contributed by atoms with E-state index in [1.807, 2.05) is 0 Å². The molecular formula is C12H13BrN2O3. The second kappa shape index (κ2) is 5.86. The summed E-state index contributed by atoms with van der Waals surface area (Å²) >= 11 is 3.19. The molecule has 0 atom stereocenters. The number of hydrogen-bond donors (Lipinski definition) is 1. The Labute approximate surface area is 113 Å². The third-order valence-corrected chi connectivity index (χ3v) is 2.98. The van der Waals surface area contributed by atoms with E-state index in [4.69, 9.17) is 4.42 Å². The van der Waals surface area contributed by atoms with Crippen LogP contribution in [-0.4, -0.2) is 36.3 Å². The van der Waals surface area contributed by atoms with Gasteiger partial charge in [-0.3, -0.25) is 9.59 Å². The maximum atomic E-state index is 11.9. The highest BCUT2D eigenvalue weighted by atomic mass is 79.9. The summed E-state index contributed by atoms with van der Waals surface area (Å²) in [5.41, 5.74) is 0. The Bertz CT molecular complexity index is 481. The zero-order valence-corrected chi connectivity index (χ0v) is 11.3. The van der Waals surface area contributed by atoms with Gasteiger partial charge in [0, 0.05) is 19.2 Å². The molecule has 1 aliphatic heterocycles. The molecule has 6 heteroatoms. The Hall–Kier alpha value is -1.56. The van der Waals surface area contributed by atoms with Crippen LogP contribution >= 0.6 is 15.9 Å². The number of rotatable bonds is 2. The van der Waals surface area contributed by atoms with Crippen LogP contribution in [0.4, 0.5) is 0 Å². The van der Waals surface area contributed by atoms with Gasteiger partial charge in [0.25, 0.3) is 0 Å². The van der Waals surface area contributed by atoms with E-state index in [1.165, 1.54) is 11.0 Å². The van der Waals surface area contributed by atoms with E-state index in [0.717, 1.165) is 6.42 Å². The molecule has 0 aliphatic carbocycles. The summed E-state index contributed by atoms with van der Waals surface area (Å²) in [6.07, 6.45) is 3.79. The number of amides is 2. The minimum absolute atomic E-state index is 0.116. The molecule has 5 nitrogen and oxygen atoms in total. The van der Waals surface area contributed by atoms with Crippen molar-refractivity contribution in [2.75, 3.05) is 19.6 Å². The fourth-order valence-electron chi connectivity index (χ4n) is 1.67. The first-order valence-corrected chi connectivity index (χ1v) is 6.43. The highest BCUT2D eigenvalue weighted by molar-refractivity contribution is 9.10. The zero-order chi connectivity index (χ0) is 13.0. The third-order valence-electron chi connectivity index (χ3n) is 2.56. The molecule has 2 heterocycles. The van der Waals surface area contributed by atoms with E-state index in [1.54, 1.807) is 18.2 Å². The lowest BCUT2D eigenvalue weighted by molar-refractivity contribution is -0.131. The predicted molar refractivity (Wildman–Crippen MR) is 69.6 cm³/mol. The van der Waals surface area contributed by atoms with Crippen LogP contribution in [0.2, 0.25) is 0 Å². The van der Waals surface area contributed by atoms with Crippen LogP contribution in [0, 0.1) is 0 Å². The summed E-state index contributed by atoms with van der Waals surface area (Å²) < 4.78 is 5.86. The lowest BCUT2D eigenvalue weighted by Gasteiger charge is -2.16. The van der Waals surface area contributed by atoms with Crippen molar-refractivity contribution >= 4 is 33.8 Å². The first-order chi connectivity index (χ1) is 8.65. The van der Waals surface area contributed by atoms with Crippen LogP contribution in [0.3, 0.4) is 0 Å². The van der Waals surface area contributed by atoms with E-state index in [2.05, 4.69) is 21.2 Å². The molecule has 0 bridgehead atoms. The minimum atomic E-state index is -0.181. The molecule has 0 spiro atoms. The quantitative estimate of drug-likeness (QED) is 0.840. The molecule has 0 radical (unpaired) electrons. The normalized spacial score (nSPS) is 16.7. The predicted octanol–water partition coefficient (Wildman–Crippen LogP) is 1.40. The summed E-state index contributed by atoms with van der Waals surface area (Å²) in [7, 11) is 0. The molecule has 1 aliphatic rings. The number of furan rings is 1. The van der Waals surface area contributed by atoms with E-state index >= 15 is 0 Å². The Morgan fingerprint density at radius 1 is 1.50 bits per heavy atom. The van der Waals surface area contributed by atoms with Gasteiger partial charge in [-0.2, -0.15) is 0 Å². The van der Waals surface area contributed by atoms with Gasteiger partial charge in [-0.05, 0) is 40.6 Å². The molecule has 1 aromatic heterocycles. The lowest BCUT2D eigenvalue weighted by Crippen LogP contribution is -2.36. The van der Waals surface area contributed by atoms with E-state index in [-0.39, 0.29) is 18.4 Å². The fraction of sp³-hybridized carbons (Fsp3) is 0.333. The summed E-state index contributed by atoms with van der Waals surface area (Å²) in [5, 5.41) is 2.72. The van der Waals surface area contributed by atoms with Crippen molar-refractivity contribution in [3.05, 3.63) is 28.6 Å². The minimum Gasteiger partial charge on any atom is -0.450 e. The Kier molecular flexibility index (Phi) is 4.19. The second-order valence-corrected chi connectivity index (χ2v) is 4.72. The molecule has 1 aromatic rings. The summed E-state index contributed by atoms with van der Waals surface area (Å²) in [5.74, 6) is 0.295. The molecule has 2 rings (SSSR count). The van der Waals surface area contributed by atoms with Crippen molar-refractivity contribution in [1.82, 2.24) is 10.2 Å². The molecular weight excluding hydrogens is 300 g/mol. The van der Waals surface area contributed by atoms with Crippen LogP contribution in [0.5, 0.6) is 0 Å². The highest BCUT2D eigenvalue weighted by Gasteiger charge is 2.17. The molecule has 1 fully saturated rings. The zero-order valence-electron chi connectivity index (χ0n) is 9.69.